The van der Waals surface area contributed by atoms with Gasteiger partial charge in [0, 0.05) is 11.8 Å². The second kappa shape index (κ2) is 14.0. The van der Waals surface area contributed by atoms with Gasteiger partial charge in [0.2, 0.25) is 5.91 Å². The van der Waals surface area contributed by atoms with Crippen LogP contribution in [0, 0.1) is 0 Å². The largest absolute Gasteiger partial charge is 0.748 e. The van der Waals surface area contributed by atoms with Crippen molar-refractivity contribution < 1.29 is 40.5 Å². The SMILES string of the molecule is COC(=O)N[C@@H](Cc1ccccc1)C(=O)N[C@@H](Cc1ccc(NOS(=O)[O-])cc1)c1nc(CC(F)(F)F)cs1. The number of rotatable bonds is 12. The van der Waals surface area contributed by atoms with E-state index >= 15 is 0 Å². The van der Waals surface area contributed by atoms with Gasteiger partial charge in [-0.2, -0.15) is 17.5 Å². The zero-order valence-corrected chi connectivity index (χ0v) is 22.0. The number of benzene rings is 2. The quantitative estimate of drug-likeness (QED) is 0.216. The predicted molar refractivity (Wildman–Crippen MR) is 136 cm³/mol. The van der Waals surface area contributed by atoms with E-state index in [9.17, 15) is 31.5 Å². The molecule has 0 fully saturated rings. The molecule has 3 aromatic rings. The molecule has 0 radical (unpaired) electrons. The maximum Gasteiger partial charge on any atom is 0.407 e. The Bertz CT molecular complexity index is 1260. The van der Waals surface area contributed by atoms with Crippen molar-refractivity contribution in [2.45, 2.75) is 37.5 Å². The van der Waals surface area contributed by atoms with Gasteiger partial charge in [0.05, 0.1) is 31.0 Å². The lowest BCUT2D eigenvalue weighted by atomic mass is 10.0. The van der Waals surface area contributed by atoms with E-state index in [1.807, 2.05) is 0 Å². The number of alkyl carbamates (subject to hydrolysis) is 1. The highest BCUT2D eigenvalue weighted by atomic mass is 32.2. The Balaban J connectivity index is 1.84. The van der Waals surface area contributed by atoms with Gasteiger partial charge in [0.15, 0.2) is 0 Å². The van der Waals surface area contributed by atoms with Crippen LogP contribution in [0.1, 0.15) is 27.9 Å². The van der Waals surface area contributed by atoms with Crippen molar-refractivity contribution in [1.29, 1.82) is 0 Å². The minimum Gasteiger partial charge on any atom is -0.748 e. The molecule has 0 saturated heterocycles. The van der Waals surface area contributed by atoms with Gasteiger partial charge in [0.25, 0.3) is 0 Å². The van der Waals surface area contributed by atoms with E-state index in [4.69, 9.17) is 0 Å². The molecule has 0 aliphatic carbocycles. The molecule has 3 atom stereocenters. The molecule has 1 heterocycles. The van der Waals surface area contributed by atoms with Crippen LogP contribution in [0.2, 0.25) is 0 Å². The molecule has 2 aromatic carbocycles. The van der Waals surface area contributed by atoms with Crippen LogP contribution in [0.25, 0.3) is 0 Å². The fraction of sp³-hybridized carbons (Fsp3) is 0.292. The Kier molecular flexibility index (Phi) is 10.8. The first-order valence-electron chi connectivity index (χ1n) is 11.3. The van der Waals surface area contributed by atoms with Crippen LogP contribution in [0.15, 0.2) is 60.0 Å². The van der Waals surface area contributed by atoms with E-state index in [-0.39, 0.29) is 23.5 Å². The summed E-state index contributed by atoms with van der Waals surface area (Å²) >= 11 is -1.81. The van der Waals surface area contributed by atoms with Gasteiger partial charge in [-0.15, -0.1) is 11.3 Å². The Hall–Kier alpha value is -3.53. The third-order valence-electron chi connectivity index (χ3n) is 5.26. The average molecular weight is 586 g/mol. The van der Waals surface area contributed by atoms with Gasteiger partial charge in [-0.25, -0.2) is 14.0 Å². The van der Waals surface area contributed by atoms with E-state index in [1.54, 1.807) is 42.5 Å². The lowest BCUT2D eigenvalue weighted by Gasteiger charge is -2.22. The molecule has 39 heavy (non-hydrogen) atoms. The maximum absolute atomic E-state index is 13.3. The second-order valence-corrected chi connectivity index (χ2v) is 9.66. The van der Waals surface area contributed by atoms with Crippen LogP contribution in [0.5, 0.6) is 0 Å². The number of nitrogens with one attached hydrogen (secondary N) is 3. The highest BCUT2D eigenvalue weighted by Gasteiger charge is 2.31. The first-order chi connectivity index (χ1) is 18.5. The third kappa shape index (κ3) is 10.3. The number of methoxy groups -OCH3 is 1. The van der Waals surface area contributed by atoms with Crippen LogP contribution < -0.4 is 16.1 Å². The van der Waals surface area contributed by atoms with E-state index in [1.165, 1.54) is 17.5 Å². The molecule has 0 spiro atoms. The fourth-order valence-electron chi connectivity index (χ4n) is 3.53. The highest BCUT2D eigenvalue weighted by Crippen LogP contribution is 2.27. The molecule has 10 nitrogen and oxygen atoms in total. The van der Waals surface area contributed by atoms with Gasteiger partial charge in [-0.05, 0) is 29.7 Å². The Morgan fingerprint density at radius 2 is 1.72 bits per heavy atom. The summed E-state index contributed by atoms with van der Waals surface area (Å²) in [6.07, 6.45) is -6.23. The number of amides is 2. The van der Waals surface area contributed by atoms with Gasteiger partial charge >= 0.3 is 12.3 Å². The minimum absolute atomic E-state index is 0.132. The zero-order valence-electron chi connectivity index (χ0n) is 20.4. The summed E-state index contributed by atoms with van der Waals surface area (Å²) in [5.74, 6) is -0.591. The molecule has 2 amide bonds. The molecule has 0 saturated carbocycles. The number of carbonyl (C=O) groups excluding carboxylic acids is 2. The standard InChI is InChI=1S/C24H25F3N4O6S2/c1-36-23(33)30-19(11-15-5-3-2-4-6-15)21(32)29-20(22-28-18(14-38-22)13-24(25,26)27)12-16-7-9-17(10-8-16)31-37-39(34)35/h2-10,14,19-20,31H,11-13H2,1H3,(H,29,32)(H,30,33)(H,34,35)/p-1/t19-,20-/m0/s1. The van der Waals surface area contributed by atoms with Crippen molar-refractivity contribution in [3.05, 3.63) is 81.8 Å². The Labute approximate surface area is 228 Å². The van der Waals surface area contributed by atoms with E-state index in [2.05, 4.69) is 30.1 Å². The fourth-order valence-corrected chi connectivity index (χ4v) is 4.56. The predicted octanol–water partition coefficient (Wildman–Crippen LogP) is 3.75. The number of thiazole rings is 1. The minimum atomic E-state index is -4.45. The summed E-state index contributed by atoms with van der Waals surface area (Å²) in [6.45, 7) is 0. The van der Waals surface area contributed by atoms with E-state index < -0.39 is 48.0 Å². The summed E-state index contributed by atoms with van der Waals surface area (Å²) in [6, 6.07) is 13.3. The van der Waals surface area contributed by atoms with Gasteiger partial charge in [-0.1, -0.05) is 42.5 Å². The number of anilines is 1. The lowest BCUT2D eigenvalue weighted by molar-refractivity contribution is -0.128. The number of ether oxygens (including phenoxy) is 1. The molecule has 3 N–H and O–H groups in total. The molecule has 0 bridgehead atoms. The summed E-state index contributed by atoms with van der Waals surface area (Å²) < 4.78 is 68.8. The molecule has 15 heteroatoms. The lowest BCUT2D eigenvalue weighted by Crippen LogP contribution is -2.49. The number of hydrogen-bond acceptors (Lipinski definition) is 9. The van der Waals surface area contributed by atoms with Crippen LogP contribution in [-0.2, 0) is 44.4 Å². The monoisotopic (exact) mass is 585 g/mol. The molecule has 210 valence electrons. The average Bonchev–Trinajstić information content (AvgIpc) is 3.34. The molecule has 3 rings (SSSR count). The number of halogens is 3. The third-order valence-corrected chi connectivity index (χ3v) is 6.49. The topological polar surface area (TPSA) is 142 Å². The number of alkyl halides is 3. The summed E-state index contributed by atoms with van der Waals surface area (Å²) in [5.41, 5.74) is 3.79. The Morgan fingerprint density at radius 1 is 1.05 bits per heavy atom. The smallest absolute Gasteiger partial charge is 0.407 e. The normalized spacial score (nSPS) is 13.7. The molecular formula is C24H24F3N4O6S2-. The van der Waals surface area contributed by atoms with Crippen molar-refractivity contribution in [3.63, 3.8) is 0 Å². The highest BCUT2D eigenvalue weighted by molar-refractivity contribution is 7.74. The van der Waals surface area contributed by atoms with Gasteiger partial charge < -0.3 is 19.9 Å². The zero-order chi connectivity index (χ0) is 28.4. The van der Waals surface area contributed by atoms with Crippen LogP contribution >= 0.6 is 11.3 Å². The molecule has 1 aromatic heterocycles. The molecule has 1 unspecified atom stereocenters. The number of aromatic nitrogens is 1. The first-order valence-corrected chi connectivity index (χ1v) is 13.2. The van der Waals surface area contributed by atoms with Crippen molar-refractivity contribution in [2.24, 2.45) is 0 Å². The summed E-state index contributed by atoms with van der Waals surface area (Å²) in [5, 5.41) is 6.81. The van der Waals surface area contributed by atoms with Crippen LogP contribution in [0.4, 0.5) is 23.7 Å². The number of carbonyl (C=O) groups is 2. The molecular weight excluding hydrogens is 561 g/mol. The maximum atomic E-state index is 13.3. The van der Waals surface area contributed by atoms with Crippen LogP contribution in [0.3, 0.4) is 0 Å². The van der Waals surface area contributed by atoms with Gasteiger partial charge in [-0.3, -0.25) is 10.3 Å². The van der Waals surface area contributed by atoms with Crippen LogP contribution in [-0.4, -0.2) is 45.1 Å². The number of hydrogen-bond donors (Lipinski definition) is 3. The Morgan fingerprint density at radius 3 is 2.33 bits per heavy atom. The second-order valence-electron chi connectivity index (χ2n) is 8.20. The molecule has 0 aliphatic heterocycles. The van der Waals surface area contributed by atoms with E-state index in [0.29, 0.717) is 11.3 Å². The van der Waals surface area contributed by atoms with Crippen molar-refractivity contribution in [3.8, 4) is 0 Å². The van der Waals surface area contributed by atoms with E-state index in [0.717, 1.165) is 24.0 Å². The number of nitrogens with zero attached hydrogens (tertiary/aromatic N) is 1. The molecule has 0 aliphatic rings. The van der Waals surface area contributed by atoms with Crippen molar-refractivity contribution in [1.82, 2.24) is 15.6 Å². The van der Waals surface area contributed by atoms with Gasteiger partial charge in [0.1, 0.15) is 22.4 Å². The first kappa shape index (κ1) is 30.0. The van der Waals surface area contributed by atoms with Crippen molar-refractivity contribution in [2.75, 3.05) is 12.6 Å². The summed E-state index contributed by atoms with van der Waals surface area (Å²) in [7, 11) is 1.16. The van der Waals surface area contributed by atoms with Crippen molar-refractivity contribution >= 4 is 40.4 Å². The summed E-state index contributed by atoms with van der Waals surface area (Å²) in [4.78, 5) is 29.4.